The maximum absolute atomic E-state index is 12.8. The van der Waals surface area contributed by atoms with E-state index in [4.69, 9.17) is 4.74 Å². The second kappa shape index (κ2) is 7.13. The van der Waals surface area contributed by atoms with E-state index in [2.05, 4.69) is 15.9 Å². The average molecular weight is 397 g/mol. The van der Waals surface area contributed by atoms with E-state index < -0.39 is 5.60 Å². The van der Waals surface area contributed by atoms with Crippen LogP contribution in [0.3, 0.4) is 0 Å². The van der Waals surface area contributed by atoms with Crippen LogP contribution >= 0.6 is 15.9 Å². The Labute approximate surface area is 152 Å². The molecule has 0 spiro atoms. The smallest absolute Gasteiger partial charge is 0.410 e. The molecule has 0 N–H and O–H groups in total. The fraction of sp³-hybridized carbons (Fsp3) is 0.556. The lowest BCUT2D eigenvalue weighted by atomic mass is 10.1. The van der Waals surface area contributed by atoms with Gasteiger partial charge in [-0.3, -0.25) is 4.79 Å². The Morgan fingerprint density at radius 3 is 2.46 bits per heavy atom. The van der Waals surface area contributed by atoms with Gasteiger partial charge in [-0.25, -0.2) is 4.79 Å². The molecule has 2 rings (SSSR count). The highest BCUT2D eigenvalue weighted by molar-refractivity contribution is 9.10. The van der Waals surface area contributed by atoms with Gasteiger partial charge < -0.3 is 14.5 Å². The van der Waals surface area contributed by atoms with Gasteiger partial charge in [-0.15, -0.1) is 0 Å². The van der Waals surface area contributed by atoms with E-state index in [0.29, 0.717) is 25.2 Å². The van der Waals surface area contributed by atoms with E-state index in [-0.39, 0.29) is 18.0 Å². The van der Waals surface area contributed by atoms with E-state index in [1.165, 1.54) is 0 Å². The van der Waals surface area contributed by atoms with Gasteiger partial charge in [0.1, 0.15) is 5.60 Å². The third-order valence-electron chi connectivity index (χ3n) is 3.90. The van der Waals surface area contributed by atoms with Gasteiger partial charge >= 0.3 is 6.09 Å². The minimum Gasteiger partial charge on any atom is -0.444 e. The van der Waals surface area contributed by atoms with Gasteiger partial charge in [-0.2, -0.15) is 0 Å². The number of rotatable bonds is 1. The Morgan fingerprint density at radius 1 is 1.25 bits per heavy atom. The number of nitrogens with zero attached hydrogens (tertiary/aromatic N) is 2. The molecular formula is C18H25BrN2O3. The number of benzene rings is 1. The third-order valence-corrected chi connectivity index (χ3v) is 4.55. The van der Waals surface area contributed by atoms with Crippen molar-refractivity contribution < 1.29 is 14.3 Å². The molecule has 1 aliphatic rings. The van der Waals surface area contributed by atoms with E-state index in [9.17, 15) is 9.59 Å². The Hall–Kier alpha value is -1.56. The summed E-state index contributed by atoms with van der Waals surface area (Å²) in [4.78, 5) is 28.5. The van der Waals surface area contributed by atoms with Crippen molar-refractivity contribution in [1.82, 2.24) is 9.80 Å². The molecule has 0 saturated carbocycles. The lowest BCUT2D eigenvalue weighted by Gasteiger charge is -2.40. The van der Waals surface area contributed by atoms with Crippen molar-refractivity contribution in [3.63, 3.8) is 0 Å². The summed E-state index contributed by atoms with van der Waals surface area (Å²) in [6.07, 6.45) is -0.321. The van der Waals surface area contributed by atoms with Crippen LogP contribution in [0.4, 0.5) is 4.79 Å². The quantitative estimate of drug-likeness (QED) is 0.724. The molecule has 24 heavy (non-hydrogen) atoms. The van der Waals surface area contributed by atoms with Gasteiger partial charge in [-0.05, 0) is 68.2 Å². The zero-order valence-electron chi connectivity index (χ0n) is 14.9. The van der Waals surface area contributed by atoms with E-state index >= 15 is 0 Å². The molecule has 6 heteroatoms. The summed E-state index contributed by atoms with van der Waals surface area (Å²) >= 11 is 3.47. The van der Waals surface area contributed by atoms with E-state index in [1.54, 1.807) is 4.90 Å². The standard InChI is InChI=1S/C18H25BrN2O3/c1-12-6-7-14(15(19)10-12)16(22)21-9-8-20(11-13(21)2)17(23)24-18(3,4)5/h6-7,10,13H,8-9,11H2,1-5H3/t13-/m1/s1. The molecule has 0 aliphatic carbocycles. The van der Waals surface area contributed by atoms with Gasteiger partial charge in [0, 0.05) is 30.1 Å². The van der Waals surface area contributed by atoms with Crippen LogP contribution in [0.2, 0.25) is 0 Å². The molecule has 1 fully saturated rings. The molecule has 0 bridgehead atoms. The SMILES string of the molecule is Cc1ccc(C(=O)N2CCN(C(=O)OC(C)(C)C)C[C@H]2C)c(Br)c1. The fourth-order valence-electron chi connectivity index (χ4n) is 2.70. The summed E-state index contributed by atoms with van der Waals surface area (Å²) in [5.41, 5.74) is 1.24. The minimum atomic E-state index is -0.514. The molecule has 1 aromatic rings. The number of carbonyl (C=O) groups is 2. The average Bonchev–Trinajstić information content (AvgIpc) is 2.44. The molecule has 0 unspecified atom stereocenters. The number of aryl methyl sites for hydroxylation is 1. The number of halogens is 1. The lowest BCUT2D eigenvalue weighted by Crippen LogP contribution is -2.56. The molecular weight excluding hydrogens is 372 g/mol. The van der Waals surface area contributed by atoms with Gasteiger partial charge in [0.05, 0.1) is 5.56 Å². The minimum absolute atomic E-state index is 0.0155. The van der Waals surface area contributed by atoms with Crippen molar-refractivity contribution in [1.29, 1.82) is 0 Å². The summed E-state index contributed by atoms with van der Waals surface area (Å²) in [5, 5.41) is 0. The van der Waals surface area contributed by atoms with Crippen molar-refractivity contribution in [3.05, 3.63) is 33.8 Å². The van der Waals surface area contributed by atoms with Crippen LogP contribution in [-0.4, -0.2) is 53.1 Å². The number of carbonyl (C=O) groups excluding carboxylic acids is 2. The Bertz CT molecular complexity index is 640. The van der Waals surface area contributed by atoms with Crippen LogP contribution in [0.1, 0.15) is 43.6 Å². The number of amides is 2. The van der Waals surface area contributed by atoms with Crippen molar-refractivity contribution in [2.24, 2.45) is 0 Å². The summed E-state index contributed by atoms with van der Waals surface area (Å²) < 4.78 is 6.21. The maximum Gasteiger partial charge on any atom is 0.410 e. The molecule has 0 radical (unpaired) electrons. The number of hydrogen-bond acceptors (Lipinski definition) is 3. The first kappa shape index (κ1) is 18.8. The molecule has 132 valence electrons. The lowest BCUT2D eigenvalue weighted by molar-refractivity contribution is 0.00615. The highest BCUT2D eigenvalue weighted by Gasteiger charge is 2.32. The van der Waals surface area contributed by atoms with E-state index in [1.807, 2.05) is 57.7 Å². The molecule has 2 amide bonds. The van der Waals surface area contributed by atoms with Gasteiger partial charge in [-0.1, -0.05) is 6.07 Å². The van der Waals surface area contributed by atoms with Gasteiger partial charge in [0.25, 0.3) is 5.91 Å². The number of ether oxygens (including phenoxy) is 1. The summed E-state index contributed by atoms with van der Waals surface area (Å²) in [7, 11) is 0. The van der Waals surface area contributed by atoms with Crippen LogP contribution in [0, 0.1) is 6.92 Å². The predicted octanol–water partition coefficient (Wildman–Crippen LogP) is 3.84. The van der Waals surface area contributed by atoms with Crippen LogP contribution in [-0.2, 0) is 4.74 Å². The molecule has 1 heterocycles. The van der Waals surface area contributed by atoms with Gasteiger partial charge in [0.2, 0.25) is 0 Å². The molecule has 0 aromatic heterocycles. The predicted molar refractivity (Wildman–Crippen MR) is 97.2 cm³/mol. The fourth-order valence-corrected chi connectivity index (χ4v) is 3.36. The van der Waals surface area contributed by atoms with Crippen molar-refractivity contribution in [2.75, 3.05) is 19.6 Å². The van der Waals surface area contributed by atoms with Gasteiger partial charge in [0.15, 0.2) is 0 Å². The molecule has 1 aromatic carbocycles. The molecule has 5 nitrogen and oxygen atoms in total. The van der Waals surface area contributed by atoms with Crippen molar-refractivity contribution in [2.45, 2.75) is 46.3 Å². The Balaban J connectivity index is 2.05. The summed E-state index contributed by atoms with van der Waals surface area (Å²) in [6.45, 7) is 10.9. The van der Waals surface area contributed by atoms with Crippen molar-refractivity contribution in [3.8, 4) is 0 Å². The topological polar surface area (TPSA) is 49.9 Å². The van der Waals surface area contributed by atoms with Crippen LogP contribution in [0.5, 0.6) is 0 Å². The maximum atomic E-state index is 12.8. The van der Waals surface area contributed by atoms with Crippen LogP contribution in [0.15, 0.2) is 22.7 Å². The monoisotopic (exact) mass is 396 g/mol. The highest BCUT2D eigenvalue weighted by atomic mass is 79.9. The zero-order valence-corrected chi connectivity index (χ0v) is 16.5. The third kappa shape index (κ3) is 4.50. The first-order valence-corrected chi connectivity index (χ1v) is 8.93. The largest absolute Gasteiger partial charge is 0.444 e. The second-order valence-corrected chi connectivity index (χ2v) is 8.11. The Kier molecular flexibility index (Phi) is 5.58. The molecule has 1 atom stereocenters. The van der Waals surface area contributed by atoms with E-state index in [0.717, 1.165) is 10.0 Å². The number of hydrogen-bond donors (Lipinski definition) is 0. The molecule has 1 aliphatic heterocycles. The summed E-state index contributed by atoms with van der Waals surface area (Å²) in [6, 6.07) is 5.65. The summed E-state index contributed by atoms with van der Waals surface area (Å²) in [5.74, 6) is -0.0155. The highest BCUT2D eigenvalue weighted by Crippen LogP contribution is 2.23. The Morgan fingerprint density at radius 2 is 1.92 bits per heavy atom. The molecule has 1 saturated heterocycles. The van der Waals surface area contributed by atoms with Crippen LogP contribution in [0.25, 0.3) is 0 Å². The first-order valence-electron chi connectivity index (χ1n) is 8.13. The zero-order chi connectivity index (χ0) is 18.1. The van der Waals surface area contributed by atoms with Crippen molar-refractivity contribution >= 4 is 27.9 Å². The first-order chi connectivity index (χ1) is 11.1. The normalized spacial score (nSPS) is 18.5. The van der Waals surface area contributed by atoms with Crippen LogP contribution < -0.4 is 0 Å². The number of piperazine rings is 1. The second-order valence-electron chi connectivity index (χ2n) is 7.26.